The van der Waals surface area contributed by atoms with E-state index in [0.717, 1.165) is 10.4 Å². The standard InChI is InChI=1S/C19H19N3O4S/c1-10-11(2)27-18-15(10)17(24)20-13(21-18)8-9-14(23)22-16(19(25)26)12-6-4-3-5-7-12/h3-7,16H,8-9H2,1-2H3,(H,22,23)(H,25,26)(H,20,21,24)/t16-/m0/s1. The molecular formula is C19H19N3O4S. The molecule has 3 aromatic rings. The van der Waals surface area contributed by atoms with Crippen LogP contribution in [-0.4, -0.2) is 27.0 Å². The molecule has 0 radical (unpaired) electrons. The average Bonchev–Trinajstić information content (AvgIpc) is 2.92. The number of fused-ring (bicyclic) bond motifs is 1. The maximum atomic E-state index is 12.3. The number of rotatable bonds is 6. The summed E-state index contributed by atoms with van der Waals surface area (Å²) in [5.74, 6) is -1.14. The SMILES string of the molecule is Cc1sc2nc(CCC(=O)N[C@H](C(=O)O)c3ccccc3)[nH]c(=O)c2c1C. The minimum atomic E-state index is -1.13. The monoisotopic (exact) mass is 385 g/mol. The normalized spacial score (nSPS) is 12.1. The molecule has 3 rings (SSSR count). The summed E-state index contributed by atoms with van der Waals surface area (Å²) in [6.07, 6.45) is 0.239. The highest BCUT2D eigenvalue weighted by Crippen LogP contribution is 2.25. The number of H-pyrrole nitrogens is 1. The number of thiophene rings is 1. The van der Waals surface area contributed by atoms with Crippen molar-refractivity contribution in [2.75, 3.05) is 0 Å². The Bertz CT molecular complexity index is 1060. The number of hydrogen-bond donors (Lipinski definition) is 3. The third kappa shape index (κ3) is 4.06. The first-order valence-corrected chi connectivity index (χ1v) is 9.24. The molecule has 1 atom stereocenters. The molecule has 0 spiro atoms. The zero-order valence-corrected chi connectivity index (χ0v) is 15.7. The first-order valence-electron chi connectivity index (χ1n) is 8.43. The van der Waals surface area contributed by atoms with Crippen molar-refractivity contribution in [2.24, 2.45) is 0 Å². The van der Waals surface area contributed by atoms with Crippen molar-refractivity contribution in [1.29, 1.82) is 0 Å². The summed E-state index contributed by atoms with van der Waals surface area (Å²) in [5.41, 5.74) is 1.20. The zero-order valence-electron chi connectivity index (χ0n) is 14.9. The van der Waals surface area contributed by atoms with Gasteiger partial charge in [-0.1, -0.05) is 30.3 Å². The number of carbonyl (C=O) groups excluding carboxylic acids is 1. The molecule has 0 saturated heterocycles. The van der Waals surface area contributed by atoms with E-state index < -0.39 is 17.9 Å². The minimum absolute atomic E-state index is 0.0222. The van der Waals surface area contributed by atoms with Crippen molar-refractivity contribution in [1.82, 2.24) is 15.3 Å². The van der Waals surface area contributed by atoms with Gasteiger partial charge in [0.15, 0.2) is 6.04 Å². The van der Waals surface area contributed by atoms with E-state index in [4.69, 9.17) is 0 Å². The lowest BCUT2D eigenvalue weighted by atomic mass is 10.1. The number of aliphatic carboxylic acids is 1. The highest BCUT2D eigenvalue weighted by molar-refractivity contribution is 7.18. The fraction of sp³-hybridized carbons (Fsp3) is 0.263. The second-order valence-corrected chi connectivity index (χ2v) is 7.43. The molecule has 0 saturated carbocycles. The van der Waals surface area contributed by atoms with Crippen LogP contribution in [0.5, 0.6) is 0 Å². The number of hydrogen-bond acceptors (Lipinski definition) is 5. The lowest BCUT2D eigenvalue weighted by molar-refractivity contribution is -0.142. The molecule has 3 N–H and O–H groups in total. The average molecular weight is 385 g/mol. The maximum absolute atomic E-state index is 12.3. The van der Waals surface area contributed by atoms with Crippen molar-refractivity contribution in [3.05, 3.63) is 62.5 Å². The number of amides is 1. The van der Waals surface area contributed by atoms with E-state index >= 15 is 0 Å². The van der Waals surface area contributed by atoms with Crippen molar-refractivity contribution in [2.45, 2.75) is 32.7 Å². The van der Waals surface area contributed by atoms with Gasteiger partial charge in [0.1, 0.15) is 10.7 Å². The Morgan fingerprint density at radius 3 is 2.63 bits per heavy atom. The van der Waals surface area contributed by atoms with Gasteiger partial charge in [0.05, 0.1) is 5.39 Å². The molecule has 1 aromatic carbocycles. The molecule has 0 bridgehead atoms. The quantitative estimate of drug-likeness (QED) is 0.603. The Balaban J connectivity index is 1.71. The Morgan fingerprint density at radius 1 is 1.26 bits per heavy atom. The molecule has 0 unspecified atom stereocenters. The van der Waals surface area contributed by atoms with Gasteiger partial charge >= 0.3 is 5.97 Å². The molecule has 8 heteroatoms. The third-order valence-electron chi connectivity index (χ3n) is 4.36. The number of benzene rings is 1. The largest absolute Gasteiger partial charge is 0.479 e. The smallest absolute Gasteiger partial charge is 0.330 e. The first kappa shape index (κ1) is 18.8. The maximum Gasteiger partial charge on any atom is 0.330 e. The molecule has 0 aliphatic carbocycles. The highest BCUT2D eigenvalue weighted by atomic mass is 32.1. The fourth-order valence-corrected chi connectivity index (χ4v) is 3.86. The Kier molecular flexibility index (Phi) is 5.36. The van der Waals surface area contributed by atoms with Crippen LogP contribution >= 0.6 is 11.3 Å². The lowest BCUT2D eigenvalue weighted by Gasteiger charge is -2.14. The number of carboxylic acid groups (broad SMARTS) is 1. The van der Waals surface area contributed by atoms with E-state index in [9.17, 15) is 19.5 Å². The molecule has 2 aromatic heterocycles. The van der Waals surface area contributed by atoms with E-state index in [1.165, 1.54) is 11.3 Å². The number of aryl methyl sites for hydroxylation is 3. The minimum Gasteiger partial charge on any atom is -0.479 e. The van der Waals surface area contributed by atoms with Crippen molar-refractivity contribution < 1.29 is 14.7 Å². The van der Waals surface area contributed by atoms with E-state index in [-0.39, 0.29) is 18.4 Å². The van der Waals surface area contributed by atoms with Gasteiger partial charge in [-0.05, 0) is 25.0 Å². The summed E-state index contributed by atoms with van der Waals surface area (Å²) in [6, 6.07) is 7.38. The van der Waals surface area contributed by atoms with Gasteiger partial charge in [0.25, 0.3) is 5.56 Å². The van der Waals surface area contributed by atoms with Gasteiger partial charge in [0.2, 0.25) is 5.91 Å². The summed E-state index contributed by atoms with van der Waals surface area (Å²) in [4.78, 5) is 44.8. The molecule has 7 nitrogen and oxygen atoms in total. The lowest BCUT2D eigenvalue weighted by Crippen LogP contribution is -2.34. The fourth-order valence-electron chi connectivity index (χ4n) is 2.82. The first-order chi connectivity index (χ1) is 12.9. The van der Waals surface area contributed by atoms with Crippen LogP contribution in [-0.2, 0) is 16.0 Å². The van der Waals surface area contributed by atoms with E-state index in [1.807, 2.05) is 13.8 Å². The van der Waals surface area contributed by atoms with Crippen molar-refractivity contribution in [3.8, 4) is 0 Å². The second kappa shape index (κ2) is 7.71. The molecule has 140 valence electrons. The van der Waals surface area contributed by atoms with Crippen LogP contribution in [0.15, 0.2) is 35.1 Å². The highest BCUT2D eigenvalue weighted by Gasteiger charge is 2.22. The van der Waals surface area contributed by atoms with Crippen LogP contribution in [0.25, 0.3) is 10.2 Å². The van der Waals surface area contributed by atoms with Crippen LogP contribution in [0, 0.1) is 13.8 Å². The number of aromatic nitrogens is 2. The Morgan fingerprint density at radius 2 is 1.96 bits per heavy atom. The number of nitrogens with zero attached hydrogens (tertiary/aromatic N) is 1. The van der Waals surface area contributed by atoms with Crippen LogP contribution < -0.4 is 10.9 Å². The van der Waals surface area contributed by atoms with Crippen LogP contribution in [0.2, 0.25) is 0 Å². The zero-order chi connectivity index (χ0) is 19.6. The summed E-state index contributed by atoms with van der Waals surface area (Å²) in [5, 5.41) is 12.5. The second-order valence-electron chi connectivity index (χ2n) is 6.23. The van der Waals surface area contributed by atoms with E-state index in [0.29, 0.717) is 21.6 Å². The molecule has 1 amide bonds. The van der Waals surface area contributed by atoms with Crippen LogP contribution in [0.1, 0.15) is 34.3 Å². The number of carboxylic acids is 1. The molecule has 2 heterocycles. The van der Waals surface area contributed by atoms with Crippen molar-refractivity contribution >= 4 is 33.4 Å². The van der Waals surface area contributed by atoms with Gasteiger partial charge < -0.3 is 15.4 Å². The molecule has 27 heavy (non-hydrogen) atoms. The van der Waals surface area contributed by atoms with Gasteiger partial charge in [-0.25, -0.2) is 9.78 Å². The van der Waals surface area contributed by atoms with Gasteiger partial charge in [-0.3, -0.25) is 9.59 Å². The molecule has 0 fully saturated rings. The van der Waals surface area contributed by atoms with Gasteiger partial charge in [-0.2, -0.15) is 0 Å². The third-order valence-corrected chi connectivity index (χ3v) is 5.46. The van der Waals surface area contributed by atoms with Gasteiger partial charge in [-0.15, -0.1) is 11.3 Å². The summed E-state index contributed by atoms with van der Waals surface area (Å²) in [7, 11) is 0. The summed E-state index contributed by atoms with van der Waals surface area (Å²) < 4.78 is 0. The molecule has 0 aliphatic heterocycles. The van der Waals surface area contributed by atoms with E-state index in [2.05, 4.69) is 15.3 Å². The number of nitrogens with one attached hydrogen (secondary N) is 2. The number of carbonyl (C=O) groups is 2. The summed E-state index contributed by atoms with van der Waals surface area (Å²) >= 11 is 1.44. The summed E-state index contributed by atoms with van der Waals surface area (Å²) in [6.45, 7) is 3.82. The van der Waals surface area contributed by atoms with Crippen LogP contribution in [0.3, 0.4) is 0 Å². The van der Waals surface area contributed by atoms with Crippen LogP contribution in [0.4, 0.5) is 0 Å². The number of aromatic amines is 1. The molecule has 0 aliphatic rings. The molecular weight excluding hydrogens is 366 g/mol. The van der Waals surface area contributed by atoms with Crippen molar-refractivity contribution in [3.63, 3.8) is 0 Å². The Hall–Kier alpha value is -3.00. The Labute approximate surface area is 159 Å². The van der Waals surface area contributed by atoms with E-state index in [1.54, 1.807) is 30.3 Å². The predicted octanol–water partition coefficient (Wildman–Crippen LogP) is 2.48. The topological polar surface area (TPSA) is 112 Å². The predicted molar refractivity (Wildman–Crippen MR) is 103 cm³/mol. The van der Waals surface area contributed by atoms with Gasteiger partial charge in [0, 0.05) is 17.7 Å².